The first-order valence-electron chi connectivity index (χ1n) is 9.05. The van der Waals surface area contributed by atoms with E-state index >= 15 is 0 Å². The molecule has 0 fully saturated rings. The van der Waals surface area contributed by atoms with Gasteiger partial charge in [-0.05, 0) is 56.9 Å². The highest BCUT2D eigenvalue weighted by Crippen LogP contribution is 2.22. The van der Waals surface area contributed by atoms with Gasteiger partial charge in [-0.2, -0.15) is 0 Å². The zero-order valence-corrected chi connectivity index (χ0v) is 15.9. The SMILES string of the molecule is CCC(Oc1ccc(C)cc1)C(=O)NC(CC)c1ccc(C)cc1C. The number of ether oxygens (including phenoxy) is 1. The van der Waals surface area contributed by atoms with Gasteiger partial charge in [0.05, 0.1) is 6.04 Å². The van der Waals surface area contributed by atoms with Gasteiger partial charge in [0.2, 0.25) is 0 Å². The fourth-order valence-corrected chi connectivity index (χ4v) is 2.98. The molecular weight excluding hydrogens is 310 g/mol. The van der Waals surface area contributed by atoms with Crippen molar-refractivity contribution in [3.05, 3.63) is 64.7 Å². The standard InChI is InChI=1S/C22H29NO2/c1-6-20(19-13-10-16(4)14-17(19)5)23-22(24)21(7-2)25-18-11-8-15(3)9-12-18/h8-14,20-21H,6-7H2,1-5H3,(H,23,24). The van der Waals surface area contributed by atoms with Crippen molar-refractivity contribution in [2.45, 2.75) is 59.6 Å². The molecule has 0 heterocycles. The summed E-state index contributed by atoms with van der Waals surface area (Å²) in [7, 11) is 0. The van der Waals surface area contributed by atoms with E-state index in [0.717, 1.165) is 12.2 Å². The summed E-state index contributed by atoms with van der Waals surface area (Å²) in [5, 5.41) is 3.16. The lowest BCUT2D eigenvalue weighted by molar-refractivity contribution is -0.128. The predicted octanol–water partition coefficient (Wildman–Crippen LogP) is 5.04. The Labute approximate surface area is 151 Å². The summed E-state index contributed by atoms with van der Waals surface area (Å²) in [6.45, 7) is 10.3. The third-order valence-electron chi connectivity index (χ3n) is 4.49. The van der Waals surface area contributed by atoms with Gasteiger partial charge in [-0.15, -0.1) is 0 Å². The highest BCUT2D eigenvalue weighted by Gasteiger charge is 2.22. The van der Waals surface area contributed by atoms with Crippen LogP contribution in [0, 0.1) is 20.8 Å². The molecule has 2 aromatic carbocycles. The van der Waals surface area contributed by atoms with Gasteiger partial charge in [0.1, 0.15) is 5.75 Å². The van der Waals surface area contributed by atoms with Crippen molar-refractivity contribution in [3.8, 4) is 5.75 Å². The van der Waals surface area contributed by atoms with Crippen molar-refractivity contribution >= 4 is 5.91 Å². The maximum atomic E-state index is 12.7. The molecule has 0 saturated carbocycles. The Bertz CT molecular complexity index is 706. The lowest BCUT2D eigenvalue weighted by atomic mass is 9.97. The number of carbonyl (C=O) groups is 1. The van der Waals surface area contributed by atoms with Crippen LogP contribution in [0.2, 0.25) is 0 Å². The van der Waals surface area contributed by atoms with Gasteiger partial charge in [0, 0.05) is 0 Å². The van der Waals surface area contributed by atoms with Gasteiger partial charge in [-0.25, -0.2) is 0 Å². The van der Waals surface area contributed by atoms with Crippen molar-refractivity contribution in [2.75, 3.05) is 0 Å². The Morgan fingerprint density at radius 3 is 2.16 bits per heavy atom. The van der Waals surface area contributed by atoms with Crippen LogP contribution in [0.4, 0.5) is 0 Å². The van der Waals surface area contributed by atoms with Crippen molar-refractivity contribution < 1.29 is 9.53 Å². The number of benzene rings is 2. The van der Waals surface area contributed by atoms with Crippen molar-refractivity contribution in [1.29, 1.82) is 0 Å². The first-order chi connectivity index (χ1) is 11.9. The van der Waals surface area contributed by atoms with Crippen LogP contribution in [0.1, 0.15) is 55.0 Å². The molecule has 0 saturated heterocycles. The van der Waals surface area contributed by atoms with E-state index in [2.05, 4.69) is 44.3 Å². The second-order valence-corrected chi connectivity index (χ2v) is 6.66. The number of amides is 1. The minimum Gasteiger partial charge on any atom is -0.481 e. The summed E-state index contributed by atoms with van der Waals surface area (Å²) in [6, 6.07) is 14.2. The summed E-state index contributed by atoms with van der Waals surface area (Å²) >= 11 is 0. The molecule has 0 spiro atoms. The third kappa shape index (κ3) is 5.09. The molecule has 2 rings (SSSR count). The molecule has 2 atom stereocenters. The summed E-state index contributed by atoms with van der Waals surface area (Å²) in [5.41, 5.74) is 4.79. The molecule has 0 aliphatic carbocycles. The molecular formula is C22H29NO2. The van der Waals surface area contributed by atoms with E-state index in [1.807, 2.05) is 38.1 Å². The van der Waals surface area contributed by atoms with E-state index in [-0.39, 0.29) is 11.9 Å². The van der Waals surface area contributed by atoms with Crippen molar-refractivity contribution in [3.63, 3.8) is 0 Å². The number of aryl methyl sites for hydroxylation is 3. The van der Waals surface area contributed by atoms with Crippen LogP contribution in [-0.4, -0.2) is 12.0 Å². The number of hydrogen-bond donors (Lipinski definition) is 1. The molecule has 25 heavy (non-hydrogen) atoms. The summed E-state index contributed by atoms with van der Waals surface area (Å²) in [5.74, 6) is 0.669. The van der Waals surface area contributed by atoms with E-state index in [0.29, 0.717) is 6.42 Å². The van der Waals surface area contributed by atoms with Gasteiger partial charge in [-0.1, -0.05) is 55.3 Å². The van der Waals surface area contributed by atoms with Crippen LogP contribution >= 0.6 is 0 Å². The molecule has 0 radical (unpaired) electrons. The van der Waals surface area contributed by atoms with Crippen molar-refractivity contribution in [1.82, 2.24) is 5.32 Å². The minimum atomic E-state index is -0.484. The Morgan fingerprint density at radius 2 is 1.60 bits per heavy atom. The molecule has 0 aliphatic rings. The van der Waals surface area contributed by atoms with Gasteiger partial charge in [0.25, 0.3) is 5.91 Å². The molecule has 3 heteroatoms. The van der Waals surface area contributed by atoms with E-state index < -0.39 is 6.10 Å². The summed E-state index contributed by atoms with van der Waals surface area (Å²) in [4.78, 5) is 12.7. The van der Waals surface area contributed by atoms with Crippen LogP contribution in [0.15, 0.2) is 42.5 Å². The Morgan fingerprint density at radius 1 is 0.960 bits per heavy atom. The van der Waals surface area contributed by atoms with Gasteiger partial charge >= 0.3 is 0 Å². The second-order valence-electron chi connectivity index (χ2n) is 6.66. The molecule has 0 aromatic heterocycles. The van der Waals surface area contributed by atoms with Crippen LogP contribution in [0.5, 0.6) is 5.75 Å². The fourth-order valence-electron chi connectivity index (χ4n) is 2.98. The highest BCUT2D eigenvalue weighted by atomic mass is 16.5. The molecule has 2 unspecified atom stereocenters. The predicted molar refractivity (Wildman–Crippen MR) is 103 cm³/mol. The van der Waals surface area contributed by atoms with Gasteiger partial charge < -0.3 is 10.1 Å². The largest absolute Gasteiger partial charge is 0.481 e. The fraction of sp³-hybridized carbons (Fsp3) is 0.409. The average molecular weight is 339 g/mol. The monoisotopic (exact) mass is 339 g/mol. The molecule has 2 aromatic rings. The minimum absolute atomic E-state index is 0.00349. The summed E-state index contributed by atoms with van der Waals surface area (Å²) in [6.07, 6.45) is 0.988. The maximum Gasteiger partial charge on any atom is 0.261 e. The zero-order valence-electron chi connectivity index (χ0n) is 15.9. The third-order valence-corrected chi connectivity index (χ3v) is 4.49. The molecule has 3 nitrogen and oxygen atoms in total. The van der Waals surface area contributed by atoms with Crippen LogP contribution in [-0.2, 0) is 4.79 Å². The topological polar surface area (TPSA) is 38.3 Å². The van der Waals surface area contributed by atoms with E-state index in [1.54, 1.807) is 0 Å². The number of nitrogens with one attached hydrogen (secondary N) is 1. The molecule has 134 valence electrons. The van der Waals surface area contributed by atoms with Crippen molar-refractivity contribution in [2.24, 2.45) is 0 Å². The maximum absolute atomic E-state index is 12.7. The smallest absolute Gasteiger partial charge is 0.261 e. The lowest BCUT2D eigenvalue weighted by Gasteiger charge is -2.23. The lowest BCUT2D eigenvalue weighted by Crippen LogP contribution is -2.40. The van der Waals surface area contributed by atoms with Crippen LogP contribution in [0.25, 0.3) is 0 Å². The molecule has 1 amide bonds. The quantitative estimate of drug-likeness (QED) is 0.768. The van der Waals surface area contributed by atoms with Gasteiger partial charge in [-0.3, -0.25) is 4.79 Å². The van der Waals surface area contributed by atoms with E-state index in [4.69, 9.17) is 4.74 Å². The van der Waals surface area contributed by atoms with Crippen LogP contribution < -0.4 is 10.1 Å². The highest BCUT2D eigenvalue weighted by molar-refractivity contribution is 5.81. The van der Waals surface area contributed by atoms with E-state index in [1.165, 1.54) is 22.3 Å². The molecule has 0 aliphatic heterocycles. The normalized spacial score (nSPS) is 13.2. The number of carbonyl (C=O) groups excluding carboxylic acids is 1. The van der Waals surface area contributed by atoms with Crippen LogP contribution in [0.3, 0.4) is 0 Å². The molecule has 1 N–H and O–H groups in total. The Kier molecular flexibility index (Phi) is 6.63. The first kappa shape index (κ1) is 19.0. The van der Waals surface area contributed by atoms with Gasteiger partial charge in [0.15, 0.2) is 6.10 Å². The Balaban J connectivity index is 2.09. The first-order valence-corrected chi connectivity index (χ1v) is 9.05. The van der Waals surface area contributed by atoms with E-state index in [9.17, 15) is 4.79 Å². The molecule has 0 bridgehead atoms. The summed E-state index contributed by atoms with van der Waals surface area (Å²) < 4.78 is 5.90. The number of rotatable bonds is 7. The Hall–Kier alpha value is -2.29. The number of hydrogen-bond acceptors (Lipinski definition) is 2. The second kappa shape index (κ2) is 8.70. The zero-order chi connectivity index (χ0) is 18.4. The average Bonchev–Trinajstić information content (AvgIpc) is 2.59.